The highest BCUT2D eigenvalue weighted by molar-refractivity contribution is 5.96. The molecule has 1 saturated heterocycles. The lowest BCUT2D eigenvalue weighted by Gasteiger charge is -2.32. The number of carbonyl (C=O) groups excluding carboxylic acids is 2. The van der Waals surface area contributed by atoms with Gasteiger partial charge in [-0.2, -0.15) is 0 Å². The van der Waals surface area contributed by atoms with Gasteiger partial charge in [-0.1, -0.05) is 5.16 Å². The standard InChI is InChI=1S/C18H22N4O3/c1-11-16(12(2)25-21-11)18(24)22-8-4-5-14(10-22)15-7-6-13(9-20-15)17(23)19-3/h6-7,9,14H,4-5,8,10H2,1-3H3,(H,19,23)/t14-/m1/s1. The predicted octanol–water partition coefficient (Wildman–Crippen LogP) is 2.07. The zero-order valence-electron chi connectivity index (χ0n) is 14.7. The van der Waals surface area contributed by atoms with Crippen LogP contribution in [0.4, 0.5) is 0 Å². The number of piperidine rings is 1. The Kier molecular flexibility index (Phi) is 4.83. The molecule has 132 valence electrons. The molecule has 0 aromatic carbocycles. The van der Waals surface area contributed by atoms with Crippen molar-refractivity contribution in [3.05, 3.63) is 46.6 Å². The van der Waals surface area contributed by atoms with Gasteiger partial charge in [-0.3, -0.25) is 14.6 Å². The Morgan fingerprint density at radius 1 is 1.32 bits per heavy atom. The highest BCUT2D eigenvalue weighted by Crippen LogP contribution is 2.27. The molecule has 3 heterocycles. The lowest BCUT2D eigenvalue weighted by atomic mass is 9.93. The zero-order chi connectivity index (χ0) is 18.0. The molecule has 1 aliphatic heterocycles. The molecule has 2 amide bonds. The van der Waals surface area contributed by atoms with Gasteiger partial charge in [-0.05, 0) is 38.8 Å². The molecule has 1 atom stereocenters. The van der Waals surface area contributed by atoms with E-state index in [1.54, 1.807) is 33.2 Å². The van der Waals surface area contributed by atoms with Crippen LogP contribution in [-0.2, 0) is 0 Å². The molecule has 0 saturated carbocycles. The van der Waals surface area contributed by atoms with Crippen LogP contribution in [0.5, 0.6) is 0 Å². The molecule has 7 nitrogen and oxygen atoms in total. The summed E-state index contributed by atoms with van der Waals surface area (Å²) in [5.41, 5.74) is 2.62. The van der Waals surface area contributed by atoms with E-state index in [4.69, 9.17) is 4.52 Å². The molecule has 0 spiro atoms. The fourth-order valence-electron chi connectivity index (χ4n) is 3.27. The van der Waals surface area contributed by atoms with Crippen LogP contribution in [0.15, 0.2) is 22.9 Å². The number of aryl methyl sites for hydroxylation is 2. The number of pyridine rings is 1. The maximum absolute atomic E-state index is 12.8. The van der Waals surface area contributed by atoms with Crippen molar-refractivity contribution in [2.45, 2.75) is 32.6 Å². The van der Waals surface area contributed by atoms with E-state index in [-0.39, 0.29) is 17.7 Å². The lowest BCUT2D eigenvalue weighted by molar-refractivity contribution is 0.0703. The Bertz CT molecular complexity index is 763. The van der Waals surface area contributed by atoms with Crippen LogP contribution >= 0.6 is 0 Å². The number of rotatable bonds is 3. The summed E-state index contributed by atoms with van der Waals surface area (Å²) in [6, 6.07) is 3.65. The molecule has 3 rings (SSSR count). The SMILES string of the molecule is CNC(=O)c1ccc([C@@H]2CCCN(C(=O)c3c(C)noc3C)C2)nc1. The van der Waals surface area contributed by atoms with Crippen molar-refractivity contribution in [3.63, 3.8) is 0 Å². The van der Waals surface area contributed by atoms with Gasteiger partial charge in [-0.25, -0.2) is 0 Å². The van der Waals surface area contributed by atoms with E-state index < -0.39 is 0 Å². The van der Waals surface area contributed by atoms with Crippen LogP contribution in [0, 0.1) is 13.8 Å². The Morgan fingerprint density at radius 2 is 2.12 bits per heavy atom. The second-order valence-corrected chi connectivity index (χ2v) is 6.34. The van der Waals surface area contributed by atoms with Gasteiger partial charge in [0.05, 0.1) is 11.3 Å². The maximum Gasteiger partial charge on any atom is 0.259 e. The second-order valence-electron chi connectivity index (χ2n) is 6.34. The molecule has 1 fully saturated rings. The third-order valence-electron chi connectivity index (χ3n) is 4.65. The predicted molar refractivity (Wildman–Crippen MR) is 91.5 cm³/mol. The molecule has 2 aromatic heterocycles. The number of carbonyl (C=O) groups is 2. The summed E-state index contributed by atoms with van der Waals surface area (Å²) < 4.78 is 5.12. The zero-order valence-corrected chi connectivity index (χ0v) is 14.7. The van der Waals surface area contributed by atoms with Crippen LogP contribution < -0.4 is 5.32 Å². The molecule has 0 unspecified atom stereocenters. The van der Waals surface area contributed by atoms with Gasteiger partial charge < -0.3 is 14.7 Å². The monoisotopic (exact) mass is 342 g/mol. The Hall–Kier alpha value is -2.70. The molecule has 1 N–H and O–H groups in total. The first-order valence-corrected chi connectivity index (χ1v) is 8.41. The first-order valence-electron chi connectivity index (χ1n) is 8.41. The summed E-state index contributed by atoms with van der Waals surface area (Å²) in [6.07, 6.45) is 3.47. The minimum atomic E-state index is -0.155. The number of amides is 2. The van der Waals surface area contributed by atoms with Crippen molar-refractivity contribution in [1.82, 2.24) is 20.4 Å². The molecule has 7 heteroatoms. The number of nitrogens with zero attached hydrogens (tertiary/aromatic N) is 3. The fourth-order valence-corrected chi connectivity index (χ4v) is 3.27. The van der Waals surface area contributed by atoms with Gasteiger partial charge in [0.1, 0.15) is 11.3 Å². The van der Waals surface area contributed by atoms with Gasteiger partial charge in [0.2, 0.25) is 0 Å². The van der Waals surface area contributed by atoms with E-state index in [1.807, 2.05) is 11.0 Å². The van der Waals surface area contributed by atoms with Crippen molar-refractivity contribution in [3.8, 4) is 0 Å². The highest BCUT2D eigenvalue weighted by atomic mass is 16.5. The van der Waals surface area contributed by atoms with E-state index >= 15 is 0 Å². The van der Waals surface area contributed by atoms with Crippen LogP contribution in [0.25, 0.3) is 0 Å². The summed E-state index contributed by atoms with van der Waals surface area (Å²) in [4.78, 5) is 30.7. The summed E-state index contributed by atoms with van der Waals surface area (Å²) in [5, 5.41) is 6.45. The van der Waals surface area contributed by atoms with Gasteiger partial charge in [0.25, 0.3) is 11.8 Å². The van der Waals surface area contributed by atoms with Gasteiger partial charge in [-0.15, -0.1) is 0 Å². The largest absolute Gasteiger partial charge is 0.361 e. The average Bonchev–Trinajstić information content (AvgIpc) is 2.99. The third-order valence-corrected chi connectivity index (χ3v) is 4.65. The van der Waals surface area contributed by atoms with Crippen LogP contribution in [0.1, 0.15) is 56.6 Å². The van der Waals surface area contributed by atoms with E-state index in [9.17, 15) is 9.59 Å². The van der Waals surface area contributed by atoms with E-state index in [0.717, 1.165) is 25.1 Å². The van der Waals surface area contributed by atoms with Crippen LogP contribution in [-0.4, -0.2) is 47.0 Å². The molecule has 0 bridgehead atoms. The number of likely N-dealkylation sites (tertiary alicyclic amines) is 1. The Labute approximate surface area is 146 Å². The Balaban J connectivity index is 1.75. The summed E-state index contributed by atoms with van der Waals surface area (Å²) in [7, 11) is 1.59. The quantitative estimate of drug-likeness (QED) is 0.922. The molecule has 25 heavy (non-hydrogen) atoms. The van der Waals surface area contributed by atoms with Crippen LogP contribution in [0.3, 0.4) is 0 Å². The average molecular weight is 342 g/mol. The first kappa shape index (κ1) is 17.1. The number of hydrogen-bond acceptors (Lipinski definition) is 5. The molecule has 2 aromatic rings. The smallest absolute Gasteiger partial charge is 0.259 e. The lowest BCUT2D eigenvalue weighted by Crippen LogP contribution is -2.39. The second kappa shape index (κ2) is 7.04. The van der Waals surface area contributed by atoms with E-state index in [1.165, 1.54) is 0 Å². The number of aromatic nitrogens is 2. The normalized spacial score (nSPS) is 17.4. The van der Waals surface area contributed by atoms with Crippen LogP contribution in [0.2, 0.25) is 0 Å². The van der Waals surface area contributed by atoms with Gasteiger partial charge >= 0.3 is 0 Å². The van der Waals surface area contributed by atoms with Crippen molar-refractivity contribution < 1.29 is 14.1 Å². The molecule has 1 aliphatic rings. The third kappa shape index (κ3) is 3.40. The minimum Gasteiger partial charge on any atom is -0.361 e. The topological polar surface area (TPSA) is 88.3 Å². The van der Waals surface area contributed by atoms with Gasteiger partial charge in [0, 0.05) is 37.9 Å². The maximum atomic E-state index is 12.8. The first-order chi connectivity index (χ1) is 12.0. The molecular weight excluding hydrogens is 320 g/mol. The van der Waals surface area contributed by atoms with Crippen molar-refractivity contribution in [1.29, 1.82) is 0 Å². The van der Waals surface area contributed by atoms with E-state index in [2.05, 4.69) is 15.5 Å². The summed E-state index contributed by atoms with van der Waals surface area (Å²) >= 11 is 0. The number of nitrogens with one attached hydrogen (secondary N) is 1. The highest BCUT2D eigenvalue weighted by Gasteiger charge is 2.29. The molecule has 0 aliphatic carbocycles. The minimum absolute atomic E-state index is 0.0390. The molecular formula is C18H22N4O3. The van der Waals surface area contributed by atoms with Gasteiger partial charge in [0.15, 0.2) is 0 Å². The Morgan fingerprint density at radius 3 is 2.72 bits per heavy atom. The summed E-state index contributed by atoms with van der Waals surface area (Å²) in [6.45, 7) is 4.86. The van der Waals surface area contributed by atoms with E-state index in [0.29, 0.717) is 29.1 Å². The van der Waals surface area contributed by atoms with Crippen molar-refractivity contribution in [2.24, 2.45) is 0 Å². The molecule has 0 radical (unpaired) electrons. The fraction of sp³-hybridized carbons (Fsp3) is 0.444. The number of hydrogen-bond donors (Lipinski definition) is 1. The summed E-state index contributed by atoms with van der Waals surface area (Å²) in [5.74, 6) is 0.524. The van der Waals surface area contributed by atoms with Crippen molar-refractivity contribution in [2.75, 3.05) is 20.1 Å². The van der Waals surface area contributed by atoms with Crippen molar-refractivity contribution >= 4 is 11.8 Å².